The fourth-order valence-corrected chi connectivity index (χ4v) is 1.09. The molecule has 0 aliphatic heterocycles. The molecule has 14 heavy (non-hydrogen) atoms. The van der Waals surface area contributed by atoms with E-state index < -0.39 is 17.4 Å². The van der Waals surface area contributed by atoms with Crippen molar-refractivity contribution in [3.8, 4) is 5.75 Å². The number of carbonyl (C=O) groups is 1. The van der Waals surface area contributed by atoms with Gasteiger partial charge in [0.1, 0.15) is 5.82 Å². The first-order valence-corrected chi connectivity index (χ1v) is 4.16. The van der Waals surface area contributed by atoms with Crippen molar-refractivity contribution in [3.63, 3.8) is 0 Å². The van der Waals surface area contributed by atoms with Gasteiger partial charge in [-0.25, -0.2) is 8.78 Å². The molecule has 0 saturated heterocycles. The van der Waals surface area contributed by atoms with Gasteiger partial charge in [0, 0.05) is 12.5 Å². The minimum absolute atomic E-state index is 0.142. The van der Waals surface area contributed by atoms with Crippen LogP contribution in [0.5, 0.6) is 5.75 Å². The summed E-state index contributed by atoms with van der Waals surface area (Å²) in [5.74, 6) is -2.11. The number of hydrogen-bond acceptors (Lipinski definition) is 2. The van der Waals surface area contributed by atoms with Crippen LogP contribution in [0.1, 0.15) is 23.7 Å². The average Bonchev–Trinajstić information content (AvgIpc) is 2.19. The molecule has 0 amide bonds. The molecule has 0 N–H and O–H groups in total. The first-order valence-electron chi connectivity index (χ1n) is 4.16. The first kappa shape index (κ1) is 10.6. The van der Waals surface area contributed by atoms with Gasteiger partial charge in [0.2, 0.25) is 0 Å². The van der Waals surface area contributed by atoms with Crippen molar-refractivity contribution in [2.45, 2.75) is 13.3 Å². The smallest absolute Gasteiger partial charge is 0.165 e. The van der Waals surface area contributed by atoms with E-state index in [2.05, 4.69) is 4.74 Å². The summed E-state index contributed by atoms with van der Waals surface area (Å²) in [6.07, 6.45) is 0.142. The van der Waals surface area contributed by atoms with E-state index in [1.165, 1.54) is 7.11 Å². The predicted molar refractivity (Wildman–Crippen MR) is 47.5 cm³/mol. The van der Waals surface area contributed by atoms with E-state index in [1.54, 1.807) is 6.92 Å². The molecule has 1 aromatic rings. The topological polar surface area (TPSA) is 26.3 Å². The van der Waals surface area contributed by atoms with Crippen LogP contribution in [0.15, 0.2) is 12.1 Å². The summed E-state index contributed by atoms with van der Waals surface area (Å²) in [5, 5.41) is 0. The third-order valence-corrected chi connectivity index (χ3v) is 1.86. The molecule has 0 saturated carbocycles. The molecule has 1 aromatic carbocycles. The Morgan fingerprint density at radius 2 is 2.00 bits per heavy atom. The van der Waals surface area contributed by atoms with E-state index in [0.717, 1.165) is 12.1 Å². The molecule has 0 fully saturated rings. The number of halogens is 2. The van der Waals surface area contributed by atoms with Crippen LogP contribution in [-0.4, -0.2) is 12.9 Å². The number of rotatable bonds is 3. The highest BCUT2D eigenvalue weighted by molar-refractivity contribution is 5.96. The lowest BCUT2D eigenvalue weighted by Crippen LogP contribution is -2.02. The molecular formula is C10H10F2O2. The van der Waals surface area contributed by atoms with Crippen LogP contribution in [0, 0.1) is 11.6 Å². The van der Waals surface area contributed by atoms with Gasteiger partial charge in [-0.05, 0) is 6.07 Å². The zero-order chi connectivity index (χ0) is 10.7. The number of benzene rings is 1. The van der Waals surface area contributed by atoms with Gasteiger partial charge in [0.15, 0.2) is 17.3 Å². The van der Waals surface area contributed by atoms with Crippen molar-refractivity contribution in [2.75, 3.05) is 7.11 Å². The van der Waals surface area contributed by atoms with E-state index in [0.29, 0.717) is 0 Å². The molecule has 1 rings (SSSR count). The highest BCUT2D eigenvalue weighted by atomic mass is 19.1. The Morgan fingerprint density at radius 3 is 2.50 bits per heavy atom. The van der Waals surface area contributed by atoms with Crippen molar-refractivity contribution in [2.24, 2.45) is 0 Å². The van der Waals surface area contributed by atoms with Crippen LogP contribution in [0.25, 0.3) is 0 Å². The van der Waals surface area contributed by atoms with Crippen LogP contribution in [-0.2, 0) is 0 Å². The summed E-state index contributed by atoms with van der Waals surface area (Å²) >= 11 is 0. The van der Waals surface area contributed by atoms with Gasteiger partial charge in [-0.1, -0.05) is 6.92 Å². The quantitative estimate of drug-likeness (QED) is 0.701. The molecule has 0 atom stereocenters. The van der Waals surface area contributed by atoms with Crippen LogP contribution in [0.3, 0.4) is 0 Å². The third kappa shape index (κ3) is 1.89. The van der Waals surface area contributed by atoms with Gasteiger partial charge in [-0.15, -0.1) is 0 Å². The molecule has 2 nitrogen and oxygen atoms in total. The fraction of sp³-hybridized carbons (Fsp3) is 0.300. The Balaban J connectivity index is 3.21. The highest BCUT2D eigenvalue weighted by Gasteiger charge is 2.14. The van der Waals surface area contributed by atoms with Gasteiger partial charge < -0.3 is 4.74 Å². The number of hydrogen-bond donors (Lipinski definition) is 0. The zero-order valence-electron chi connectivity index (χ0n) is 7.93. The number of carbonyl (C=O) groups excluding carboxylic acids is 1. The van der Waals surface area contributed by atoms with Crippen LogP contribution < -0.4 is 4.74 Å². The fourth-order valence-electron chi connectivity index (χ4n) is 1.09. The van der Waals surface area contributed by atoms with Crippen molar-refractivity contribution in [3.05, 3.63) is 29.3 Å². The van der Waals surface area contributed by atoms with Crippen molar-refractivity contribution < 1.29 is 18.3 Å². The molecule has 0 unspecified atom stereocenters. The Morgan fingerprint density at radius 1 is 1.36 bits per heavy atom. The van der Waals surface area contributed by atoms with Gasteiger partial charge in [-0.2, -0.15) is 0 Å². The molecule has 0 bridgehead atoms. The second-order valence-corrected chi connectivity index (χ2v) is 2.74. The average molecular weight is 200 g/mol. The van der Waals surface area contributed by atoms with E-state index in [-0.39, 0.29) is 17.7 Å². The molecule has 76 valence electrons. The molecule has 0 radical (unpaired) electrons. The minimum atomic E-state index is -0.755. The summed E-state index contributed by atoms with van der Waals surface area (Å²) < 4.78 is 30.8. The lowest BCUT2D eigenvalue weighted by atomic mass is 10.1. The number of methoxy groups -OCH3 is 1. The summed E-state index contributed by atoms with van der Waals surface area (Å²) in [5.41, 5.74) is -0.231. The zero-order valence-corrected chi connectivity index (χ0v) is 7.93. The van der Waals surface area contributed by atoms with Gasteiger partial charge in [-0.3, -0.25) is 4.79 Å². The lowest BCUT2D eigenvalue weighted by Gasteiger charge is -2.05. The normalized spacial score (nSPS) is 10.0. The molecule has 0 heterocycles. The number of ketones is 1. The molecule has 0 spiro atoms. The third-order valence-electron chi connectivity index (χ3n) is 1.86. The standard InChI is InChI=1S/C10H10F2O2/c1-3-9(13)6-4-8(12)10(14-2)5-7(6)11/h4-5H,3H2,1-2H3. The van der Waals surface area contributed by atoms with E-state index >= 15 is 0 Å². The highest BCUT2D eigenvalue weighted by Crippen LogP contribution is 2.21. The number of ether oxygens (including phenoxy) is 1. The van der Waals surface area contributed by atoms with E-state index in [9.17, 15) is 13.6 Å². The predicted octanol–water partition coefficient (Wildman–Crippen LogP) is 2.57. The van der Waals surface area contributed by atoms with Gasteiger partial charge >= 0.3 is 0 Å². The van der Waals surface area contributed by atoms with Crippen LogP contribution in [0.4, 0.5) is 8.78 Å². The van der Waals surface area contributed by atoms with E-state index in [4.69, 9.17) is 0 Å². The Hall–Kier alpha value is -1.45. The SMILES string of the molecule is CCC(=O)c1cc(F)c(OC)cc1F. The van der Waals surface area contributed by atoms with Crippen LogP contribution in [0.2, 0.25) is 0 Å². The van der Waals surface area contributed by atoms with Gasteiger partial charge in [0.05, 0.1) is 12.7 Å². The Kier molecular flexibility index (Phi) is 3.17. The Bertz CT molecular complexity index is 361. The lowest BCUT2D eigenvalue weighted by molar-refractivity contribution is 0.0983. The summed E-state index contributed by atoms with van der Waals surface area (Å²) in [6.45, 7) is 1.59. The van der Waals surface area contributed by atoms with Crippen molar-refractivity contribution in [1.82, 2.24) is 0 Å². The largest absolute Gasteiger partial charge is 0.494 e. The summed E-state index contributed by atoms with van der Waals surface area (Å²) in [7, 11) is 1.24. The van der Waals surface area contributed by atoms with E-state index in [1.807, 2.05) is 0 Å². The molecule has 4 heteroatoms. The monoisotopic (exact) mass is 200 g/mol. The Labute approximate surface area is 80.5 Å². The maximum Gasteiger partial charge on any atom is 0.165 e. The number of Topliss-reactive ketones (excluding diaryl/α,β-unsaturated/α-hetero) is 1. The maximum atomic E-state index is 13.2. The summed E-state index contributed by atoms with van der Waals surface area (Å²) in [6, 6.07) is 1.73. The second-order valence-electron chi connectivity index (χ2n) is 2.74. The second kappa shape index (κ2) is 4.17. The first-order chi connectivity index (χ1) is 6.60. The van der Waals surface area contributed by atoms with Crippen LogP contribution >= 0.6 is 0 Å². The molecule has 0 aliphatic carbocycles. The minimum Gasteiger partial charge on any atom is -0.494 e. The molecule has 0 aromatic heterocycles. The molecular weight excluding hydrogens is 190 g/mol. The van der Waals surface area contributed by atoms with Gasteiger partial charge in [0.25, 0.3) is 0 Å². The van der Waals surface area contributed by atoms with Crippen molar-refractivity contribution in [1.29, 1.82) is 0 Å². The maximum absolute atomic E-state index is 13.2. The molecule has 0 aliphatic rings. The summed E-state index contributed by atoms with van der Waals surface area (Å²) in [4.78, 5) is 11.1. The van der Waals surface area contributed by atoms with Crippen molar-refractivity contribution >= 4 is 5.78 Å².